The molecule has 0 saturated carbocycles. The molecule has 1 amide bonds. The molecule has 0 atom stereocenters. The van der Waals surface area contributed by atoms with E-state index in [1.807, 2.05) is 42.5 Å². The number of carbonyl (C=O) groups excluding carboxylic acids is 1. The topological polar surface area (TPSA) is 73.8 Å². The molecule has 0 bridgehead atoms. The zero-order chi connectivity index (χ0) is 24.9. The molecule has 190 valence electrons. The van der Waals surface area contributed by atoms with Gasteiger partial charge in [-0.25, -0.2) is 0 Å². The third-order valence-corrected chi connectivity index (χ3v) is 7.51. The van der Waals surface area contributed by atoms with Gasteiger partial charge in [0, 0.05) is 62.3 Å². The Kier molecular flexibility index (Phi) is 8.06. The van der Waals surface area contributed by atoms with Gasteiger partial charge in [0.05, 0.1) is 23.3 Å². The summed E-state index contributed by atoms with van der Waals surface area (Å²) in [5, 5.41) is 14.8. The van der Waals surface area contributed by atoms with Crippen LogP contribution in [0.25, 0.3) is 10.8 Å². The largest absolute Gasteiger partial charge is 0.379 e. The van der Waals surface area contributed by atoms with E-state index < -0.39 is 0 Å². The van der Waals surface area contributed by atoms with Crippen molar-refractivity contribution in [3.8, 4) is 0 Å². The number of nitrogens with one attached hydrogen (secondary N) is 1. The smallest absolute Gasteiger partial charge is 0.272 e. The number of hydrogen-bond acceptors (Lipinski definition) is 7. The summed E-state index contributed by atoms with van der Waals surface area (Å²) in [4.78, 5) is 19.8. The number of benzene rings is 2. The van der Waals surface area contributed by atoms with Crippen LogP contribution in [0.3, 0.4) is 0 Å². The molecule has 0 aliphatic carbocycles. The van der Waals surface area contributed by atoms with Crippen LogP contribution in [0, 0.1) is 0 Å². The quantitative estimate of drug-likeness (QED) is 0.468. The molecule has 3 aromatic rings. The van der Waals surface area contributed by atoms with Crippen molar-refractivity contribution < 1.29 is 9.53 Å². The first-order valence-electron chi connectivity index (χ1n) is 12.4. The van der Waals surface area contributed by atoms with Gasteiger partial charge in [-0.15, -0.1) is 10.2 Å². The van der Waals surface area contributed by atoms with Gasteiger partial charge >= 0.3 is 0 Å². The second kappa shape index (κ2) is 11.6. The fourth-order valence-electron chi connectivity index (χ4n) is 4.76. The number of amides is 1. The van der Waals surface area contributed by atoms with Gasteiger partial charge in [-0.3, -0.25) is 9.69 Å². The molecule has 2 saturated heterocycles. The van der Waals surface area contributed by atoms with Crippen LogP contribution in [0.2, 0.25) is 10.0 Å². The van der Waals surface area contributed by atoms with Crippen LogP contribution in [-0.4, -0.2) is 86.6 Å². The number of carbonyl (C=O) groups is 1. The van der Waals surface area contributed by atoms with E-state index in [1.54, 1.807) is 0 Å². The lowest BCUT2D eigenvalue weighted by Crippen LogP contribution is -2.47. The van der Waals surface area contributed by atoms with E-state index in [0.717, 1.165) is 87.7 Å². The van der Waals surface area contributed by atoms with Gasteiger partial charge in [0.1, 0.15) is 0 Å². The highest BCUT2D eigenvalue weighted by Gasteiger charge is 2.23. The van der Waals surface area contributed by atoms with Gasteiger partial charge in [-0.05, 0) is 31.2 Å². The lowest BCUT2D eigenvalue weighted by Gasteiger charge is -2.37. The van der Waals surface area contributed by atoms with Crippen molar-refractivity contribution in [2.24, 2.45) is 0 Å². The van der Waals surface area contributed by atoms with Crippen LogP contribution < -0.4 is 15.1 Å². The average Bonchev–Trinajstić information content (AvgIpc) is 2.92. The van der Waals surface area contributed by atoms with E-state index in [2.05, 4.69) is 30.2 Å². The molecule has 10 heteroatoms. The molecular weight excluding hydrogens is 499 g/mol. The van der Waals surface area contributed by atoms with Crippen LogP contribution in [0.5, 0.6) is 0 Å². The monoisotopic (exact) mass is 528 g/mol. The first kappa shape index (κ1) is 25.0. The molecule has 5 rings (SSSR count). The molecule has 0 spiro atoms. The molecular formula is C26H30Cl2N6O2. The Morgan fingerprint density at radius 3 is 2.36 bits per heavy atom. The summed E-state index contributed by atoms with van der Waals surface area (Å²) < 4.78 is 5.39. The highest BCUT2D eigenvalue weighted by molar-refractivity contribution is 6.42. The van der Waals surface area contributed by atoms with Gasteiger partial charge in [0.25, 0.3) is 5.91 Å². The highest BCUT2D eigenvalue weighted by Crippen LogP contribution is 2.30. The van der Waals surface area contributed by atoms with Crippen molar-refractivity contribution >= 4 is 51.4 Å². The Hall–Kier alpha value is -2.65. The number of piperazine rings is 1. The number of halogens is 2. The predicted octanol–water partition coefficient (Wildman–Crippen LogP) is 3.72. The molecule has 2 aliphatic heterocycles. The molecule has 8 nitrogen and oxygen atoms in total. The van der Waals surface area contributed by atoms with Crippen molar-refractivity contribution in [1.82, 2.24) is 20.4 Å². The molecule has 0 radical (unpaired) electrons. The predicted molar refractivity (Wildman–Crippen MR) is 145 cm³/mol. The summed E-state index contributed by atoms with van der Waals surface area (Å²) in [5.74, 6) is 0.625. The van der Waals surface area contributed by atoms with E-state index in [4.69, 9.17) is 27.9 Å². The summed E-state index contributed by atoms with van der Waals surface area (Å²) in [6.07, 6.45) is 0.887. The van der Waals surface area contributed by atoms with Gasteiger partial charge in [-0.1, -0.05) is 47.5 Å². The van der Waals surface area contributed by atoms with Crippen LogP contribution in [0.15, 0.2) is 42.5 Å². The first-order valence-corrected chi connectivity index (χ1v) is 13.1. The molecule has 2 aliphatic rings. The average molecular weight is 529 g/mol. The Balaban J connectivity index is 1.23. The third-order valence-electron chi connectivity index (χ3n) is 6.77. The first-order chi connectivity index (χ1) is 17.6. The zero-order valence-electron chi connectivity index (χ0n) is 20.1. The lowest BCUT2D eigenvalue weighted by molar-refractivity contribution is 0.0374. The van der Waals surface area contributed by atoms with Crippen molar-refractivity contribution in [2.75, 3.05) is 75.4 Å². The van der Waals surface area contributed by atoms with Crippen LogP contribution in [-0.2, 0) is 4.74 Å². The van der Waals surface area contributed by atoms with Crippen molar-refractivity contribution in [3.63, 3.8) is 0 Å². The molecule has 36 heavy (non-hydrogen) atoms. The molecule has 0 unspecified atom stereocenters. The number of anilines is 2. The minimum absolute atomic E-state index is 0.184. The van der Waals surface area contributed by atoms with E-state index in [-0.39, 0.29) is 5.91 Å². The summed E-state index contributed by atoms with van der Waals surface area (Å²) in [6, 6.07) is 13.6. The van der Waals surface area contributed by atoms with E-state index in [0.29, 0.717) is 22.3 Å². The summed E-state index contributed by atoms with van der Waals surface area (Å²) in [5.41, 5.74) is 1.43. The van der Waals surface area contributed by atoms with Gasteiger partial charge in [0.2, 0.25) is 0 Å². The van der Waals surface area contributed by atoms with Crippen molar-refractivity contribution in [1.29, 1.82) is 0 Å². The van der Waals surface area contributed by atoms with Crippen molar-refractivity contribution in [3.05, 3.63) is 58.2 Å². The van der Waals surface area contributed by atoms with Gasteiger partial charge in [-0.2, -0.15) is 0 Å². The Morgan fingerprint density at radius 2 is 1.61 bits per heavy atom. The molecule has 3 heterocycles. The number of morpholine rings is 1. The maximum Gasteiger partial charge on any atom is 0.272 e. The van der Waals surface area contributed by atoms with Crippen molar-refractivity contribution in [2.45, 2.75) is 6.42 Å². The Bertz CT molecular complexity index is 1210. The van der Waals surface area contributed by atoms with Gasteiger partial charge < -0.3 is 19.9 Å². The van der Waals surface area contributed by atoms with Crippen LogP contribution in [0.1, 0.15) is 16.9 Å². The second-order valence-electron chi connectivity index (χ2n) is 9.05. The second-order valence-corrected chi connectivity index (χ2v) is 9.87. The lowest BCUT2D eigenvalue weighted by atomic mass is 10.1. The fourth-order valence-corrected chi connectivity index (χ4v) is 5.05. The highest BCUT2D eigenvalue weighted by atomic mass is 35.5. The molecule has 2 fully saturated rings. The van der Waals surface area contributed by atoms with E-state index in [9.17, 15) is 4.79 Å². The summed E-state index contributed by atoms with van der Waals surface area (Å²) in [6.45, 7) is 8.22. The van der Waals surface area contributed by atoms with E-state index in [1.165, 1.54) is 0 Å². The number of nitrogens with zero attached hydrogens (tertiary/aromatic N) is 5. The molecule has 1 N–H and O–H groups in total. The maximum absolute atomic E-state index is 13.0. The number of rotatable bonds is 7. The molecule has 2 aromatic carbocycles. The maximum atomic E-state index is 13.0. The minimum Gasteiger partial charge on any atom is -0.379 e. The van der Waals surface area contributed by atoms with Gasteiger partial charge in [0.15, 0.2) is 11.5 Å². The SMILES string of the molecule is O=C(NCCCN1CCOCC1)c1nnc(N2CCN(c3ccc(Cl)c(Cl)c3)CC2)c2ccccc12. The summed E-state index contributed by atoms with van der Waals surface area (Å²) in [7, 11) is 0. The summed E-state index contributed by atoms with van der Waals surface area (Å²) >= 11 is 12.3. The normalized spacial score (nSPS) is 16.9. The Morgan fingerprint density at radius 1 is 0.889 bits per heavy atom. The number of hydrogen-bond donors (Lipinski definition) is 1. The molecule has 1 aromatic heterocycles. The Labute approximate surface area is 221 Å². The fraction of sp³-hybridized carbons (Fsp3) is 0.423. The van der Waals surface area contributed by atoms with E-state index >= 15 is 0 Å². The number of aromatic nitrogens is 2. The number of fused-ring (bicyclic) bond motifs is 1. The van der Waals surface area contributed by atoms with Crippen LogP contribution in [0.4, 0.5) is 11.5 Å². The standard InChI is InChI=1S/C26H30Cl2N6O2/c27-22-7-6-19(18-23(22)28)33-10-12-34(13-11-33)25-21-5-2-1-4-20(21)24(30-31-25)26(35)29-8-3-9-32-14-16-36-17-15-32/h1-2,4-7,18H,3,8-17H2,(H,29,35). The minimum atomic E-state index is -0.184. The zero-order valence-corrected chi connectivity index (χ0v) is 21.6. The number of ether oxygens (including phenoxy) is 1. The third kappa shape index (κ3) is 5.67. The van der Waals surface area contributed by atoms with Crippen LogP contribution >= 0.6 is 23.2 Å².